The number of hydrogen-bond acceptors (Lipinski definition) is 9. The predicted molar refractivity (Wildman–Crippen MR) is 186 cm³/mol. The Kier molecular flexibility index (Phi) is 14.0. The van der Waals surface area contributed by atoms with Crippen LogP contribution in [-0.4, -0.2) is 69.8 Å². The van der Waals surface area contributed by atoms with Crippen LogP contribution in [-0.2, 0) is 36.8 Å². The van der Waals surface area contributed by atoms with E-state index >= 15 is 0 Å². The minimum Gasteiger partial charge on any atom is -0.508 e. The fourth-order valence-corrected chi connectivity index (χ4v) is 4.68. The van der Waals surface area contributed by atoms with E-state index in [1.807, 2.05) is 0 Å². The molecule has 15 nitrogen and oxygen atoms in total. The number of phenolic OH excluding ortho intramolecular Hbond substituents is 1. The number of anilines is 1. The first-order valence-electron chi connectivity index (χ1n) is 16.0. The van der Waals surface area contributed by atoms with Gasteiger partial charge in [-0.05, 0) is 55.2 Å². The van der Waals surface area contributed by atoms with E-state index in [2.05, 4.69) is 26.6 Å². The molecule has 0 unspecified atom stereocenters. The van der Waals surface area contributed by atoms with Gasteiger partial charge in [0.25, 0.3) is 5.69 Å². The van der Waals surface area contributed by atoms with Gasteiger partial charge in [0.05, 0.1) is 11.0 Å². The van der Waals surface area contributed by atoms with Crippen molar-refractivity contribution in [3.63, 3.8) is 0 Å². The van der Waals surface area contributed by atoms with Crippen LogP contribution in [0.5, 0.6) is 5.75 Å². The summed E-state index contributed by atoms with van der Waals surface area (Å²) >= 11 is 0. The summed E-state index contributed by atoms with van der Waals surface area (Å²) in [6, 6.07) is 14.7. The van der Waals surface area contributed by atoms with Crippen molar-refractivity contribution in [2.75, 3.05) is 5.32 Å². The number of aromatic hydroxyl groups is 1. The van der Waals surface area contributed by atoms with E-state index < -0.39 is 64.7 Å². The topological polar surface area (TPSA) is 235 Å². The van der Waals surface area contributed by atoms with Crippen molar-refractivity contribution in [3.8, 4) is 5.75 Å². The highest BCUT2D eigenvalue weighted by Gasteiger charge is 2.31. The average molecular weight is 690 g/mol. The second-order valence-electron chi connectivity index (χ2n) is 12.2. The number of nitrogens with zero attached hydrogens (tertiary/aromatic N) is 1. The molecule has 3 aromatic rings. The second-order valence-corrected chi connectivity index (χ2v) is 12.2. The zero-order valence-corrected chi connectivity index (χ0v) is 28.2. The van der Waals surface area contributed by atoms with Crippen LogP contribution < -0.4 is 32.3 Å². The number of non-ortho nitro benzene ring substituents is 1. The number of carbonyl (C=O) groups is 5. The highest BCUT2D eigenvalue weighted by Crippen LogP contribution is 2.16. The molecular formula is C35H43N7O8. The summed E-state index contributed by atoms with van der Waals surface area (Å²) < 4.78 is 0. The molecule has 0 fully saturated rings. The van der Waals surface area contributed by atoms with Crippen LogP contribution >= 0.6 is 0 Å². The fraction of sp³-hybridized carbons (Fsp3) is 0.343. The van der Waals surface area contributed by atoms with E-state index in [9.17, 15) is 39.2 Å². The van der Waals surface area contributed by atoms with Crippen LogP contribution in [0.2, 0.25) is 0 Å². The summed E-state index contributed by atoms with van der Waals surface area (Å²) in [6.07, 6.45) is 0.0765. The molecule has 0 saturated heterocycles. The number of amides is 5. The molecule has 5 atom stereocenters. The normalized spacial score (nSPS) is 13.9. The molecule has 0 aliphatic heterocycles. The summed E-state index contributed by atoms with van der Waals surface area (Å²) in [5, 5.41) is 33.6. The number of hydrogen-bond donors (Lipinski definition) is 7. The summed E-state index contributed by atoms with van der Waals surface area (Å²) in [5.41, 5.74) is 7.51. The van der Waals surface area contributed by atoms with Crippen LogP contribution in [0.3, 0.4) is 0 Å². The van der Waals surface area contributed by atoms with Crippen LogP contribution in [0.1, 0.15) is 38.8 Å². The van der Waals surface area contributed by atoms with Gasteiger partial charge in [-0.15, -0.1) is 0 Å². The molecule has 0 bridgehead atoms. The van der Waals surface area contributed by atoms with E-state index in [1.165, 1.54) is 50.2 Å². The van der Waals surface area contributed by atoms with Crippen molar-refractivity contribution >= 4 is 40.9 Å². The van der Waals surface area contributed by atoms with Crippen molar-refractivity contribution in [2.45, 2.75) is 70.7 Å². The molecule has 0 heterocycles. The maximum Gasteiger partial charge on any atom is 0.269 e. The largest absolute Gasteiger partial charge is 0.508 e. The first-order valence-corrected chi connectivity index (χ1v) is 16.0. The van der Waals surface area contributed by atoms with Crippen LogP contribution in [0.4, 0.5) is 11.4 Å². The van der Waals surface area contributed by atoms with E-state index in [4.69, 9.17) is 5.73 Å². The highest BCUT2D eigenvalue weighted by atomic mass is 16.6. The lowest BCUT2D eigenvalue weighted by atomic mass is 10.0. The smallest absolute Gasteiger partial charge is 0.269 e. The van der Waals surface area contributed by atoms with Gasteiger partial charge in [-0.2, -0.15) is 0 Å². The third kappa shape index (κ3) is 11.7. The molecule has 50 heavy (non-hydrogen) atoms. The van der Waals surface area contributed by atoms with Gasteiger partial charge in [-0.3, -0.25) is 34.1 Å². The minimum atomic E-state index is -1.18. The number of nitro benzene ring substituents is 1. The second kappa shape index (κ2) is 18.1. The van der Waals surface area contributed by atoms with Gasteiger partial charge >= 0.3 is 0 Å². The Morgan fingerprint density at radius 1 is 0.660 bits per heavy atom. The van der Waals surface area contributed by atoms with Crippen molar-refractivity contribution < 1.29 is 34.0 Å². The molecular weight excluding hydrogens is 646 g/mol. The van der Waals surface area contributed by atoms with Gasteiger partial charge < -0.3 is 37.4 Å². The number of nitrogens with two attached hydrogens (primary N) is 1. The van der Waals surface area contributed by atoms with Gasteiger partial charge in [-0.25, -0.2) is 0 Å². The van der Waals surface area contributed by atoms with E-state index in [0.29, 0.717) is 11.1 Å². The zero-order chi connectivity index (χ0) is 37.0. The molecule has 0 aliphatic rings. The Morgan fingerprint density at radius 2 is 1.14 bits per heavy atom. The molecule has 15 heteroatoms. The Bertz CT molecular complexity index is 1650. The lowest BCUT2D eigenvalue weighted by Crippen LogP contribution is -2.59. The highest BCUT2D eigenvalue weighted by molar-refractivity contribution is 5.99. The van der Waals surface area contributed by atoms with Gasteiger partial charge in [-0.1, -0.05) is 56.3 Å². The first-order chi connectivity index (χ1) is 23.6. The monoisotopic (exact) mass is 689 g/mol. The Morgan fingerprint density at radius 3 is 1.68 bits per heavy atom. The molecule has 0 aromatic heterocycles. The molecule has 3 aromatic carbocycles. The van der Waals surface area contributed by atoms with Crippen LogP contribution in [0, 0.1) is 16.0 Å². The molecule has 8 N–H and O–H groups in total. The minimum absolute atomic E-state index is 0.0258. The predicted octanol–water partition coefficient (Wildman–Crippen LogP) is 1.69. The number of carbonyl (C=O) groups excluding carboxylic acids is 5. The maximum atomic E-state index is 13.7. The van der Waals surface area contributed by atoms with Crippen molar-refractivity contribution in [3.05, 3.63) is 100 Å². The quantitative estimate of drug-likeness (QED) is 0.0855. The number of nitro groups is 1. The number of phenols is 1. The van der Waals surface area contributed by atoms with E-state index in [1.54, 1.807) is 56.3 Å². The average Bonchev–Trinajstić information content (AvgIpc) is 3.08. The molecule has 0 spiro atoms. The fourth-order valence-electron chi connectivity index (χ4n) is 4.68. The molecule has 3 rings (SSSR count). The molecule has 0 saturated carbocycles. The van der Waals surface area contributed by atoms with Crippen molar-refractivity contribution in [2.24, 2.45) is 11.7 Å². The van der Waals surface area contributed by atoms with Crippen LogP contribution in [0.25, 0.3) is 0 Å². The number of nitrogens with one attached hydrogen (secondary N) is 5. The van der Waals surface area contributed by atoms with Gasteiger partial charge in [0.1, 0.15) is 29.9 Å². The SMILES string of the molecule is CC(C)[C@H](N)C(=O)N[C@@H](Cc1ccc(O)cc1)C(=O)N[C@@H](Cc1ccccc1)C(=O)N[C@@H](C)C(=O)N[C@@H](C)C(=O)Nc1ccc([N+](=O)[O-])cc1. The van der Waals surface area contributed by atoms with Gasteiger partial charge in [0, 0.05) is 30.7 Å². The third-order valence-electron chi connectivity index (χ3n) is 7.80. The van der Waals surface area contributed by atoms with Crippen molar-refractivity contribution in [1.82, 2.24) is 21.3 Å². The van der Waals surface area contributed by atoms with Crippen LogP contribution in [0.15, 0.2) is 78.9 Å². The van der Waals surface area contributed by atoms with E-state index in [0.717, 1.165) is 0 Å². The Hall–Kier alpha value is -5.83. The summed E-state index contributed by atoms with van der Waals surface area (Å²) in [7, 11) is 0. The van der Waals surface area contributed by atoms with Gasteiger partial charge in [0.15, 0.2) is 0 Å². The van der Waals surface area contributed by atoms with Gasteiger partial charge in [0.2, 0.25) is 29.5 Å². The molecule has 5 amide bonds. The summed E-state index contributed by atoms with van der Waals surface area (Å²) in [4.78, 5) is 76.2. The summed E-state index contributed by atoms with van der Waals surface area (Å²) in [6.45, 7) is 6.38. The van der Waals surface area contributed by atoms with Crippen molar-refractivity contribution in [1.29, 1.82) is 0 Å². The zero-order valence-electron chi connectivity index (χ0n) is 28.2. The molecule has 0 radical (unpaired) electrons. The maximum absolute atomic E-state index is 13.7. The standard InChI is InChI=1S/C35H43N7O8/c1-20(2)30(36)35(48)41-29(19-24-10-16-27(43)17-11-24)34(47)40-28(18-23-8-6-5-7-9-23)33(46)38-21(3)31(44)37-22(4)32(45)39-25-12-14-26(15-13-25)42(49)50/h5-17,20-22,28-30,43H,18-19,36H2,1-4H3,(H,37,44)(H,38,46)(H,39,45)(H,40,47)(H,41,48)/t21-,22-,28-,29-,30-/m0/s1. The lowest BCUT2D eigenvalue weighted by molar-refractivity contribution is -0.384. The lowest BCUT2D eigenvalue weighted by Gasteiger charge is -2.26. The summed E-state index contributed by atoms with van der Waals surface area (Å²) in [5.74, 6) is -3.40. The molecule has 0 aliphatic carbocycles. The Balaban J connectivity index is 1.72. The molecule has 266 valence electrons. The number of benzene rings is 3. The number of rotatable bonds is 16. The Labute approximate surface area is 289 Å². The van der Waals surface area contributed by atoms with E-state index in [-0.39, 0.29) is 35.9 Å². The third-order valence-corrected chi connectivity index (χ3v) is 7.80. The first kappa shape index (κ1) is 38.6.